The average molecular weight is 397 g/mol. The maximum atomic E-state index is 12.4. The van der Waals surface area contributed by atoms with Crippen molar-refractivity contribution in [2.45, 2.75) is 45.8 Å². The third-order valence-electron chi connectivity index (χ3n) is 5.46. The summed E-state index contributed by atoms with van der Waals surface area (Å²) in [6.45, 7) is 7.03. The second-order valence-electron chi connectivity index (χ2n) is 7.90. The lowest BCUT2D eigenvalue weighted by Crippen LogP contribution is -2.37. The molecule has 0 radical (unpaired) electrons. The number of nitrogens with zero attached hydrogens (tertiary/aromatic N) is 7. The number of methoxy groups -OCH3 is 1. The highest BCUT2D eigenvalue weighted by molar-refractivity contribution is 5.47. The molecular weight excluding hydrogens is 370 g/mol. The Morgan fingerprint density at radius 3 is 2.69 bits per heavy atom. The third-order valence-corrected chi connectivity index (χ3v) is 5.46. The highest BCUT2D eigenvalue weighted by Crippen LogP contribution is 2.25. The number of piperidine rings is 1. The van der Waals surface area contributed by atoms with Crippen molar-refractivity contribution in [1.82, 2.24) is 29.1 Å². The van der Waals surface area contributed by atoms with E-state index in [1.807, 2.05) is 19.9 Å². The van der Waals surface area contributed by atoms with Crippen molar-refractivity contribution in [3.63, 3.8) is 0 Å². The van der Waals surface area contributed by atoms with Crippen molar-refractivity contribution >= 4 is 11.6 Å². The zero-order valence-electron chi connectivity index (χ0n) is 17.2. The van der Waals surface area contributed by atoms with Crippen molar-refractivity contribution in [1.29, 1.82) is 0 Å². The molecule has 1 aliphatic rings. The molecule has 9 heteroatoms. The molecule has 0 N–H and O–H groups in total. The second-order valence-corrected chi connectivity index (χ2v) is 7.90. The van der Waals surface area contributed by atoms with Gasteiger partial charge in [-0.05, 0) is 24.7 Å². The van der Waals surface area contributed by atoms with Crippen LogP contribution in [0.5, 0.6) is 0 Å². The lowest BCUT2D eigenvalue weighted by Gasteiger charge is -2.33. The average Bonchev–Trinajstić information content (AvgIpc) is 3.18. The van der Waals surface area contributed by atoms with E-state index in [9.17, 15) is 4.79 Å². The molecule has 29 heavy (non-hydrogen) atoms. The zero-order valence-corrected chi connectivity index (χ0v) is 17.2. The van der Waals surface area contributed by atoms with E-state index >= 15 is 0 Å². The molecule has 3 aromatic heterocycles. The monoisotopic (exact) mass is 397 g/mol. The molecular formula is C20H27N7O2. The van der Waals surface area contributed by atoms with Crippen molar-refractivity contribution < 1.29 is 4.74 Å². The lowest BCUT2D eigenvalue weighted by molar-refractivity contribution is 0.181. The van der Waals surface area contributed by atoms with Gasteiger partial charge in [0.2, 0.25) is 0 Å². The zero-order chi connectivity index (χ0) is 20.4. The van der Waals surface area contributed by atoms with E-state index in [4.69, 9.17) is 4.74 Å². The lowest BCUT2D eigenvalue weighted by atomic mass is 9.96. The van der Waals surface area contributed by atoms with Gasteiger partial charge in [-0.25, -0.2) is 9.97 Å². The van der Waals surface area contributed by atoms with E-state index in [-0.39, 0.29) is 11.5 Å². The van der Waals surface area contributed by atoms with Gasteiger partial charge in [-0.1, -0.05) is 13.8 Å². The van der Waals surface area contributed by atoms with Gasteiger partial charge in [0.05, 0.1) is 24.3 Å². The Bertz CT molecular complexity index is 1030. The van der Waals surface area contributed by atoms with Gasteiger partial charge < -0.3 is 9.64 Å². The van der Waals surface area contributed by atoms with Gasteiger partial charge in [0.15, 0.2) is 0 Å². The van der Waals surface area contributed by atoms with Gasteiger partial charge >= 0.3 is 0 Å². The van der Waals surface area contributed by atoms with Crippen LogP contribution in [0.3, 0.4) is 0 Å². The second kappa shape index (κ2) is 8.28. The Labute approximate surface area is 169 Å². The molecule has 154 valence electrons. The first-order valence-electron chi connectivity index (χ1n) is 10.0. The van der Waals surface area contributed by atoms with Crippen molar-refractivity contribution in [3.8, 4) is 0 Å². The minimum absolute atomic E-state index is 0.0359. The first kappa shape index (κ1) is 19.5. The summed E-state index contributed by atoms with van der Waals surface area (Å²) in [6, 6.07) is 3.68. The van der Waals surface area contributed by atoms with Crippen molar-refractivity contribution in [3.05, 3.63) is 46.5 Å². The number of hydrogen-bond donors (Lipinski definition) is 0. The fraction of sp³-hybridized carbons (Fsp3) is 0.550. The molecule has 4 heterocycles. The summed E-state index contributed by atoms with van der Waals surface area (Å²) < 4.78 is 8.75. The number of anilines is 1. The topological polar surface area (TPSA) is 90.4 Å². The molecule has 1 saturated heterocycles. The summed E-state index contributed by atoms with van der Waals surface area (Å²) in [5, 5.41) is 4.32. The molecule has 0 bridgehead atoms. The molecule has 0 unspecified atom stereocenters. The fourth-order valence-electron chi connectivity index (χ4n) is 3.81. The van der Waals surface area contributed by atoms with Crippen LogP contribution in [0, 0.1) is 5.92 Å². The Morgan fingerprint density at radius 1 is 1.21 bits per heavy atom. The predicted octanol–water partition coefficient (Wildman–Crippen LogP) is 1.87. The third kappa shape index (κ3) is 4.14. The van der Waals surface area contributed by atoms with Gasteiger partial charge in [0, 0.05) is 38.9 Å². The molecule has 3 aromatic rings. The van der Waals surface area contributed by atoms with Crippen LogP contribution in [0.2, 0.25) is 0 Å². The standard InChI is InChI=1S/C20H27N7O2/c1-14(2)17-9-19(28)26(13-22-17)10-15-4-6-25(7-5-15)18-8-16(11-29-3)24-20-21-12-23-27(18)20/h8-9,12-15H,4-7,10-11H2,1-3H3. The smallest absolute Gasteiger partial charge is 0.254 e. The van der Waals surface area contributed by atoms with E-state index in [2.05, 4.69) is 25.0 Å². The van der Waals surface area contributed by atoms with Crippen LogP contribution in [0.1, 0.15) is 44.0 Å². The first-order valence-corrected chi connectivity index (χ1v) is 10.0. The highest BCUT2D eigenvalue weighted by Gasteiger charge is 2.23. The fourth-order valence-corrected chi connectivity index (χ4v) is 3.81. The van der Waals surface area contributed by atoms with Crippen LogP contribution in [0.25, 0.3) is 5.78 Å². The van der Waals surface area contributed by atoms with Crippen molar-refractivity contribution in [2.75, 3.05) is 25.1 Å². The molecule has 0 spiro atoms. The number of fused-ring (bicyclic) bond motifs is 1. The molecule has 0 saturated carbocycles. The Hall–Kier alpha value is -2.81. The molecule has 0 amide bonds. The van der Waals surface area contributed by atoms with Gasteiger partial charge in [-0.15, -0.1) is 0 Å². The minimum Gasteiger partial charge on any atom is -0.378 e. The summed E-state index contributed by atoms with van der Waals surface area (Å²) in [7, 11) is 1.66. The minimum atomic E-state index is 0.0359. The van der Waals surface area contributed by atoms with E-state index in [1.165, 1.54) is 6.33 Å². The first-order chi connectivity index (χ1) is 14.0. The van der Waals surface area contributed by atoms with Gasteiger partial charge in [-0.3, -0.25) is 9.36 Å². The molecule has 9 nitrogen and oxygen atoms in total. The van der Waals surface area contributed by atoms with E-state index in [0.717, 1.165) is 43.1 Å². The summed E-state index contributed by atoms with van der Waals surface area (Å²) in [6.07, 6.45) is 5.21. The molecule has 1 aliphatic heterocycles. The van der Waals surface area contributed by atoms with Crippen LogP contribution in [0.15, 0.2) is 29.6 Å². The van der Waals surface area contributed by atoms with E-state index < -0.39 is 0 Å². The summed E-state index contributed by atoms with van der Waals surface area (Å²) >= 11 is 0. The molecule has 1 fully saturated rings. The maximum Gasteiger partial charge on any atom is 0.254 e. The highest BCUT2D eigenvalue weighted by atomic mass is 16.5. The van der Waals surface area contributed by atoms with Gasteiger partial charge in [0.1, 0.15) is 12.1 Å². The number of ether oxygens (including phenoxy) is 1. The largest absolute Gasteiger partial charge is 0.378 e. The number of hydrogen-bond acceptors (Lipinski definition) is 7. The maximum absolute atomic E-state index is 12.4. The van der Waals surface area contributed by atoms with Crippen LogP contribution in [-0.2, 0) is 17.9 Å². The molecule has 0 atom stereocenters. The van der Waals surface area contributed by atoms with E-state index in [0.29, 0.717) is 24.8 Å². The Balaban J connectivity index is 1.45. The SMILES string of the molecule is COCc1cc(N2CCC(Cn3cnc(C(C)C)cc3=O)CC2)n2ncnc2n1. The number of aromatic nitrogens is 6. The Morgan fingerprint density at radius 2 is 2.00 bits per heavy atom. The van der Waals surface area contributed by atoms with Crippen LogP contribution < -0.4 is 10.5 Å². The summed E-state index contributed by atoms with van der Waals surface area (Å²) in [4.78, 5) is 27.8. The predicted molar refractivity (Wildman–Crippen MR) is 109 cm³/mol. The molecule has 0 aliphatic carbocycles. The number of rotatable bonds is 6. The molecule has 4 rings (SSSR count). The van der Waals surface area contributed by atoms with Gasteiger partial charge in [0.25, 0.3) is 11.3 Å². The van der Waals surface area contributed by atoms with Crippen LogP contribution >= 0.6 is 0 Å². The quantitative estimate of drug-likeness (QED) is 0.627. The van der Waals surface area contributed by atoms with Crippen molar-refractivity contribution in [2.24, 2.45) is 5.92 Å². The van der Waals surface area contributed by atoms with Crippen LogP contribution in [0.4, 0.5) is 5.82 Å². The van der Waals surface area contributed by atoms with E-state index in [1.54, 1.807) is 28.6 Å². The summed E-state index contributed by atoms with van der Waals surface area (Å²) in [5.41, 5.74) is 1.73. The van der Waals surface area contributed by atoms with Crippen LogP contribution in [-0.4, -0.2) is 49.3 Å². The Kier molecular flexibility index (Phi) is 5.57. The van der Waals surface area contributed by atoms with Gasteiger partial charge in [-0.2, -0.15) is 14.6 Å². The summed E-state index contributed by atoms with van der Waals surface area (Å²) in [5.74, 6) is 2.28. The molecule has 0 aromatic carbocycles. The normalized spacial score (nSPS) is 15.5.